The first-order valence-electron chi connectivity index (χ1n) is 7.22. The van der Waals surface area contributed by atoms with Crippen LogP contribution < -0.4 is 15.4 Å². The molecule has 0 aliphatic heterocycles. The zero-order valence-electron chi connectivity index (χ0n) is 13.7. The molecule has 1 aromatic carbocycles. The third-order valence-corrected chi connectivity index (χ3v) is 3.16. The molecule has 0 saturated heterocycles. The van der Waals surface area contributed by atoms with E-state index in [1.807, 2.05) is 19.1 Å². The number of hydrogen-bond donors (Lipinski definition) is 2. The molecule has 2 N–H and O–H groups in total. The number of rotatable bonds is 6. The molecule has 1 heterocycles. The molecule has 0 amide bonds. The number of aryl methyl sites for hydroxylation is 1. The van der Waals surface area contributed by atoms with E-state index in [4.69, 9.17) is 20.9 Å². The summed E-state index contributed by atoms with van der Waals surface area (Å²) in [5.41, 5.74) is 0. The van der Waals surface area contributed by atoms with Crippen molar-refractivity contribution in [1.29, 1.82) is 0 Å². The lowest BCUT2D eigenvalue weighted by Gasteiger charge is -2.17. The lowest BCUT2D eigenvalue weighted by Crippen LogP contribution is -2.41. The van der Waals surface area contributed by atoms with Crippen LogP contribution in [-0.4, -0.2) is 35.8 Å². The van der Waals surface area contributed by atoms with Crippen LogP contribution in [0.1, 0.15) is 18.6 Å². The highest BCUT2D eigenvalue weighted by Crippen LogP contribution is 2.16. The number of hydrogen-bond acceptors (Lipinski definition) is 5. The fourth-order valence-corrected chi connectivity index (χ4v) is 1.95. The van der Waals surface area contributed by atoms with Gasteiger partial charge in [0.1, 0.15) is 11.9 Å². The van der Waals surface area contributed by atoms with Crippen molar-refractivity contribution >= 4 is 41.5 Å². The van der Waals surface area contributed by atoms with Crippen LogP contribution in [0.15, 0.2) is 33.8 Å². The maximum absolute atomic E-state index is 5.85. The van der Waals surface area contributed by atoms with Gasteiger partial charge in [0.15, 0.2) is 11.8 Å². The number of ether oxygens (including phenoxy) is 1. The molecule has 1 aromatic heterocycles. The molecule has 0 spiro atoms. The minimum atomic E-state index is -0.0413. The van der Waals surface area contributed by atoms with Crippen LogP contribution in [0.4, 0.5) is 0 Å². The second-order valence-corrected chi connectivity index (χ2v) is 5.36. The Balaban J connectivity index is 0.00000288. The second kappa shape index (κ2) is 10.3. The minimum Gasteiger partial charge on any atom is -0.489 e. The Hall–Kier alpha value is -1.55. The Morgan fingerprint density at radius 1 is 1.33 bits per heavy atom. The van der Waals surface area contributed by atoms with Gasteiger partial charge in [0.25, 0.3) is 0 Å². The van der Waals surface area contributed by atoms with E-state index in [1.165, 1.54) is 0 Å². The van der Waals surface area contributed by atoms with Crippen LogP contribution in [0.5, 0.6) is 5.75 Å². The number of halogens is 2. The normalized spacial score (nSPS) is 12.2. The summed E-state index contributed by atoms with van der Waals surface area (Å²) in [4.78, 5) is 8.25. The maximum Gasteiger partial charge on any atom is 0.246 e. The largest absolute Gasteiger partial charge is 0.489 e. The molecule has 1 unspecified atom stereocenters. The van der Waals surface area contributed by atoms with Gasteiger partial charge in [-0.15, -0.1) is 24.0 Å². The summed E-state index contributed by atoms with van der Waals surface area (Å²) in [5.74, 6) is 2.52. The Bertz CT molecular complexity index is 648. The van der Waals surface area contributed by atoms with Crippen molar-refractivity contribution in [2.24, 2.45) is 4.99 Å². The zero-order valence-corrected chi connectivity index (χ0v) is 16.8. The highest BCUT2D eigenvalue weighted by molar-refractivity contribution is 14.0. The summed E-state index contributed by atoms with van der Waals surface area (Å²) in [6.07, 6.45) is -0.0413. The fourth-order valence-electron chi connectivity index (χ4n) is 1.82. The van der Waals surface area contributed by atoms with Crippen LogP contribution in [0.2, 0.25) is 5.02 Å². The molecule has 0 radical (unpaired) electrons. The van der Waals surface area contributed by atoms with E-state index in [0.717, 1.165) is 5.75 Å². The van der Waals surface area contributed by atoms with Gasteiger partial charge in [-0.2, -0.15) is 4.98 Å². The molecule has 7 nitrogen and oxygen atoms in total. The SMILES string of the molecule is CN=C(NCc1nc(C)no1)NCC(C)Oc1ccc(Cl)cc1.I. The molecular formula is C15H21ClIN5O2. The van der Waals surface area contributed by atoms with Crippen LogP contribution in [0.25, 0.3) is 0 Å². The first-order chi connectivity index (χ1) is 11.1. The summed E-state index contributed by atoms with van der Waals surface area (Å²) in [5, 5.41) is 10.7. The van der Waals surface area contributed by atoms with E-state index in [2.05, 4.69) is 25.8 Å². The van der Waals surface area contributed by atoms with Gasteiger partial charge < -0.3 is 19.9 Å². The fraction of sp³-hybridized carbons (Fsp3) is 0.400. The monoisotopic (exact) mass is 465 g/mol. The molecule has 0 aliphatic rings. The van der Waals surface area contributed by atoms with Gasteiger partial charge in [0, 0.05) is 12.1 Å². The molecule has 132 valence electrons. The molecular weight excluding hydrogens is 445 g/mol. The van der Waals surface area contributed by atoms with Crippen molar-refractivity contribution in [2.75, 3.05) is 13.6 Å². The molecule has 1 atom stereocenters. The average Bonchev–Trinajstić information content (AvgIpc) is 2.95. The Morgan fingerprint density at radius 2 is 2.04 bits per heavy atom. The molecule has 9 heteroatoms. The molecule has 24 heavy (non-hydrogen) atoms. The number of aliphatic imine (C=N–C) groups is 1. The maximum atomic E-state index is 5.85. The van der Waals surface area contributed by atoms with E-state index in [9.17, 15) is 0 Å². The Labute approximate surface area is 163 Å². The third kappa shape index (κ3) is 6.91. The molecule has 0 bridgehead atoms. The summed E-state index contributed by atoms with van der Waals surface area (Å²) < 4.78 is 10.8. The van der Waals surface area contributed by atoms with E-state index in [1.54, 1.807) is 26.1 Å². The van der Waals surface area contributed by atoms with Crippen LogP contribution in [-0.2, 0) is 6.54 Å². The standard InChI is InChI=1S/C15H20ClN5O2.HI/c1-10(22-13-6-4-12(16)5-7-13)8-18-15(17-3)19-9-14-20-11(2)21-23-14;/h4-7,10H,8-9H2,1-3H3,(H2,17,18,19);1H. The number of nitrogens with one attached hydrogen (secondary N) is 2. The van der Waals surface area contributed by atoms with Gasteiger partial charge >= 0.3 is 0 Å². The van der Waals surface area contributed by atoms with Crippen molar-refractivity contribution in [3.8, 4) is 5.75 Å². The van der Waals surface area contributed by atoms with Gasteiger partial charge in [0.2, 0.25) is 5.89 Å². The second-order valence-electron chi connectivity index (χ2n) is 4.92. The van der Waals surface area contributed by atoms with E-state index in [-0.39, 0.29) is 30.1 Å². The molecule has 0 saturated carbocycles. The van der Waals surface area contributed by atoms with Gasteiger partial charge in [-0.1, -0.05) is 16.8 Å². The zero-order chi connectivity index (χ0) is 16.7. The van der Waals surface area contributed by atoms with E-state index < -0.39 is 0 Å². The van der Waals surface area contributed by atoms with Crippen molar-refractivity contribution in [3.05, 3.63) is 41.0 Å². The van der Waals surface area contributed by atoms with Gasteiger partial charge in [0.05, 0.1) is 13.1 Å². The van der Waals surface area contributed by atoms with Crippen LogP contribution in [0, 0.1) is 6.92 Å². The van der Waals surface area contributed by atoms with Gasteiger partial charge in [-0.05, 0) is 38.1 Å². The third-order valence-electron chi connectivity index (χ3n) is 2.91. The number of benzene rings is 1. The number of guanidine groups is 1. The number of nitrogens with zero attached hydrogens (tertiary/aromatic N) is 3. The first kappa shape index (κ1) is 20.5. The van der Waals surface area contributed by atoms with Gasteiger partial charge in [-0.25, -0.2) is 0 Å². The smallest absolute Gasteiger partial charge is 0.246 e. The topological polar surface area (TPSA) is 84.6 Å². The summed E-state index contributed by atoms with van der Waals surface area (Å²) in [6, 6.07) is 7.27. The molecule has 0 aliphatic carbocycles. The average molecular weight is 466 g/mol. The Morgan fingerprint density at radius 3 is 2.62 bits per heavy atom. The highest BCUT2D eigenvalue weighted by Gasteiger charge is 2.07. The lowest BCUT2D eigenvalue weighted by atomic mass is 10.3. The molecule has 2 aromatic rings. The highest BCUT2D eigenvalue weighted by atomic mass is 127. The first-order valence-corrected chi connectivity index (χ1v) is 7.60. The van der Waals surface area contributed by atoms with Gasteiger partial charge in [-0.3, -0.25) is 4.99 Å². The summed E-state index contributed by atoms with van der Waals surface area (Å²) in [6.45, 7) is 4.74. The van der Waals surface area contributed by atoms with Crippen molar-refractivity contribution in [2.45, 2.75) is 26.5 Å². The summed E-state index contributed by atoms with van der Waals surface area (Å²) >= 11 is 5.85. The van der Waals surface area contributed by atoms with Crippen molar-refractivity contribution < 1.29 is 9.26 Å². The lowest BCUT2D eigenvalue weighted by molar-refractivity contribution is 0.224. The van der Waals surface area contributed by atoms with Crippen molar-refractivity contribution in [1.82, 2.24) is 20.8 Å². The Kier molecular flexibility index (Phi) is 8.83. The van der Waals surface area contributed by atoms with Crippen LogP contribution in [0.3, 0.4) is 0 Å². The summed E-state index contributed by atoms with van der Waals surface area (Å²) in [7, 11) is 1.69. The van der Waals surface area contributed by atoms with E-state index in [0.29, 0.717) is 35.8 Å². The van der Waals surface area contributed by atoms with Crippen LogP contribution >= 0.6 is 35.6 Å². The predicted molar refractivity (Wildman–Crippen MR) is 104 cm³/mol. The van der Waals surface area contributed by atoms with E-state index >= 15 is 0 Å². The molecule has 0 fully saturated rings. The quantitative estimate of drug-likeness (QED) is 0.388. The number of aromatic nitrogens is 2. The predicted octanol–water partition coefficient (Wildman–Crippen LogP) is 2.78. The minimum absolute atomic E-state index is 0. The van der Waals surface area contributed by atoms with Crippen molar-refractivity contribution in [3.63, 3.8) is 0 Å². The molecule has 2 rings (SSSR count).